The van der Waals surface area contributed by atoms with Crippen molar-refractivity contribution in [2.75, 3.05) is 26.2 Å². The fourth-order valence-corrected chi connectivity index (χ4v) is 7.30. The number of nitrogens with zero attached hydrogens (tertiary/aromatic N) is 3. The highest BCUT2D eigenvalue weighted by Crippen LogP contribution is 2.49. The number of aliphatic carboxylic acids is 1. The van der Waals surface area contributed by atoms with E-state index in [4.69, 9.17) is 0 Å². The van der Waals surface area contributed by atoms with Gasteiger partial charge in [0.15, 0.2) is 0 Å². The highest BCUT2D eigenvalue weighted by Gasteiger charge is 2.59. The minimum atomic E-state index is -0.968. The Bertz CT molecular complexity index is 1330. The van der Waals surface area contributed by atoms with Crippen LogP contribution in [0.3, 0.4) is 0 Å². The van der Waals surface area contributed by atoms with Crippen LogP contribution in [0.1, 0.15) is 43.4 Å². The Kier molecular flexibility index (Phi) is 6.94. The molecule has 3 heterocycles. The van der Waals surface area contributed by atoms with Crippen LogP contribution in [0.4, 0.5) is 0 Å². The topological polar surface area (TPSA) is 80.9 Å². The second-order valence-electron chi connectivity index (χ2n) is 12.0. The molecule has 3 aliphatic rings. The van der Waals surface area contributed by atoms with Gasteiger partial charge in [-0.15, -0.1) is 0 Å². The zero-order valence-electron chi connectivity index (χ0n) is 23.6. The Morgan fingerprint density at radius 1 is 0.829 bits per heavy atom. The lowest BCUT2D eigenvalue weighted by Gasteiger charge is -2.38. The molecular weight excluding hydrogens is 514 g/mol. The minimum absolute atomic E-state index is 0.0407. The van der Waals surface area contributed by atoms with Crippen molar-refractivity contribution in [2.45, 2.75) is 44.3 Å². The van der Waals surface area contributed by atoms with Gasteiger partial charge in [0.25, 0.3) is 0 Å². The molecule has 3 fully saturated rings. The third-order valence-electron chi connectivity index (χ3n) is 9.33. The second-order valence-corrected chi connectivity index (χ2v) is 12.0. The molecule has 0 radical (unpaired) electrons. The van der Waals surface area contributed by atoms with Gasteiger partial charge in [-0.05, 0) is 35.4 Å². The van der Waals surface area contributed by atoms with Crippen LogP contribution in [0.15, 0.2) is 91.0 Å². The van der Waals surface area contributed by atoms with Crippen molar-refractivity contribution in [2.24, 2.45) is 11.3 Å². The zero-order chi connectivity index (χ0) is 28.8. The summed E-state index contributed by atoms with van der Waals surface area (Å²) in [5.41, 5.74) is 1.96. The zero-order valence-corrected chi connectivity index (χ0v) is 23.6. The summed E-state index contributed by atoms with van der Waals surface area (Å²) in [6.45, 7) is 5.56. The first kappa shape index (κ1) is 27.2. The average Bonchev–Trinajstić information content (AvgIpc) is 3.57. The highest BCUT2D eigenvalue weighted by molar-refractivity contribution is 5.92. The van der Waals surface area contributed by atoms with E-state index in [1.54, 1.807) is 0 Å². The molecular formula is C34H37N3O4. The maximum atomic E-state index is 14.1. The van der Waals surface area contributed by atoms with Crippen LogP contribution in [0.2, 0.25) is 0 Å². The molecule has 3 aliphatic heterocycles. The maximum absolute atomic E-state index is 14.1. The monoisotopic (exact) mass is 551 g/mol. The summed E-state index contributed by atoms with van der Waals surface area (Å²) >= 11 is 0. The normalized spacial score (nSPS) is 24.7. The molecule has 0 saturated carbocycles. The number of likely N-dealkylation sites (tertiary alicyclic amines) is 2. The summed E-state index contributed by atoms with van der Waals surface area (Å²) in [5, 5.41) is 9.80. The molecule has 0 aromatic heterocycles. The van der Waals surface area contributed by atoms with Crippen LogP contribution in [0, 0.1) is 11.3 Å². The third-order valence-corrected chi connectivity index (χ3v) is 9.33. The molecule has 1 N–H and O–H groups in total. The minimum Gasteiger partial charge on any atom is -0.480 e. The van der Waals surface area contributed by atoms with Crippen LogP contribution >= 0.6 is 0 Å². The standard InChI is InChI=1S/C34H37N3O4/c1-24(2)29(31(39)40)36-21-19-33(32(36)41)18-20-35(23-33)30(38)28-22-37(28)34(25-12-6-3-7-13-25,26-14-8-4-9-15-26)27-16-10-5-11-17-27/h3-17,24,28-29H,18-23H2,1-2H3,(H,39,40)/t28-,29+,33+,37?/m1/s1. The Hall–Kier alpha value is -3.97. The number of hydrogen-bond donors (Lipinski definition) is 1. The predicted octanol–water partition coefficient (Wildman–Crippen LogP) is 4.22. The van der Waals surface area contributed by atoms with E-state index in [0.717, 1.165) is 16.7 Å². The van der Waals surface area contributed by atoms with Gasteiger partial charge in [0.05, 0.1) is 11.0 Å². The summed E-state index contributed by atoms with van der Waals surface area (Å²) in [5.74, 6) is -1.23. The molecule has 2 amide bonds. The van der Waals surface area contributed by atoms with E-state index in [2.05, 4.69) is 41.3 Å². The van der Waals surface area contributed by atoms with Crippen LogP contribution in [0.25, 0.3) is 0 Å². The van der Waals surface area contributed by atoms with Crippen molar-refractivity contribution in [3.63, 3.8) is 0 Å². The third kappa shape index (κ3) is 4.43. The van der Waals surface area contributed by atoms with Crippen molar-refractivity contribution in [3.8, 4) is 0 Å². The molecule has 3 aromatic rings. The molecule has 6 rings (SSSR count). The highest BCUT2D eigenvalue weighted by atomic mass is 16.4. The number of carboxylic acid groups (broad SMARTS) is 1. The van der Waals surface area contributed by atoms with Gasteiger partial charge < -0.3 is 14.9 Å². The number of benzene rings is 3. The fourth-order valence-electron chi connectivity index (χ4n) is 7.30. The van der Waals surface area contributed by atoms with Crippen molar-refractivity contribution >= 4 is 17.8 Å². The number of carbonyl (C=O) groups is 3. The van der Waals surface area contributed by atoms with Crippen LogP contribution < -0.4 is 0 Å². The van der Waals surface area contributed by atoms with Crippen LogP contribution in [-0.2, 0) is 19.9 Å². The molecule has 212 valence electrons. The van der Waals surface area contributed by atoms with Gasteiger partial charge in [-0.25, -0.2) is 4.79 Å². The predicted molar refractivity (Wildman–Crippen MR) is 156 cm³/mol. The quantitative estimate of drug-likeness (QED) is 0.335. The molecule has 3 saturated heterocycles. The van der Waals surface area contributed by atoms with Gasteiger partial charge in [0.1, 0.15) is 12.1 Å². The molecule has 0 bridgehead atoms. The molecule has 1 spiro atoms. The lowest BCUT2D eigenvalue weighted by atomic mass is 9.76. The number of amides is 2. The number of carbonyl (C=O) groups excluding carboxylic acids is 2. The van der Waals surface area contributed by atoms with Crippen LogP contribution in [0.5, 0.6) is 0 Å². The smallest absolute Gasteiger partial charge is 0.326 e. The summed E-state index contributed by atoms with van der Waals surface area (Å²) in [6.07, 6.45) is 1.16. The molecule has 4 atom stereocenters. The molecule has 41 heavy (non-hydrogen) atoms. The van der Waals surface area contributed by atoms with Crippen molar-refractivity contribution in [1.29, 1.82) is 0 Å². The molecule has 7 heteroatoms. The second kappa shape index (κ2) is 10.5. The van der Waals surface area contributed by atoms with E-state index in [9.17, 15) is 19.5 Å². The number of rotatable bonds is 8. The SMILES string of the molecule is CC(C)[C@@H](C(=O)O)N1CC[C@]2(CCN(C(=O)[C@H]3CN3C(c3ccccc3)(c3ccccc3)c3ccccc3)C2)C1=O. The van der Waals surface area contributed by atoms with E-state index in [1.165, 1.54) is 4.90 Å². The van der Waals surface area contributed by atoms with E-state index in [-0.39, 0.29) is 23.8 Å². The summed E-state index contributed by atoms with van der Waals surface area (Å²) < 4.78 is 0. The Morgan fingerprint density at radius 3 is 1.78 bits per heavy atom. The van der Waals surface area contributed by atoms with Gasteiger partial charge in [-0.3, -0.25) is 14.5 Å². The first-order valence-electron chi connectivity index (χ1n) is 14.6. The van der Waals surface area contributed by atoms with E-state index < -0.39 is 23.0 Å². The summed E-state index contributed by atoms with van der Waals surface area (Å²) in [7, 11) is 0. The molecule has 0 aliphatic carbocycles. The lowest BCUT2D eigenvalue weighted by molar-refractivity contribution is -0.152. The van der Waals surface area contributed by atoms with Gasteiger partial charge in [-0.1, -0.05) is 105 Å². The largest absolute Gasteiger partial charge is 0.480 e. The van der Waals surface area contributed by atoms with Crippen molar-refractivity contribution < 1.29 is 19.5 Å². The van der Waals surface area contributed by atoms with Gasteiger partial charge >= 0.3 is 5.97 Å². The lowest BCUT2D eigenvalue weighted by Crippen LogP contribution is -2.48. The fraction of sp³-hybridized carbons (Fsp3) is 0.382. The molecule has 1 unspecified atom stereocenters. The van der Waals surface area contributed by atoms with Gasteiger partial charge in [-0.2, -0.15) is 0 Å². The van der Waals surface area contributed by atoms with E-state index in [1.807, 2.05) is 73.3 Å². The van der Waals surface area contributed by atoms with Crippen LogP contribution in [-0.4, -0.2) is 75.9 Å². The Labute approximate surface area is 241 Å². The first-order valence-corrected chi connectivity index (χ1v) is 14.6. The number of hydrogen-bond acceptors (Lipinski definition) is 4. The number of carboxylic acids is 1. The maximum Gasteiger partial charge on any atom is 0.326 e. The van der Waals surface area contributed by atoms with Crippen molar-refractivity contribution in [1.82, 2.24) is 14.7 Å². The molecule has 7 nitrogen and oxygen atoms in total. The summed E-state index contributed by atoms with van der Waals surface area (Å²) in [6, 6.07) is 29.9. The van der Waals surface area contributed by atoms with Crippen molar-refractivity contribution in [3.05, 3.63) is 108 Å². The molecule has 3 aromatic carbocycles. The summed E-state index contributed by atoms with van der Waals surface area (Å²) in [4.78, 5) is 45.4. The Morgan fingerprint density at radius 2 is 1.32 bits per heavy atom. The van der Waals surface area contributed by atoms with Gasteiger partial charge in [0.2, 0.25) is 11.8 Å². The van der Waals surface area contributed by atoms with E-state index >= 15 is 0 Å². The average molecular weight is 552 g/mol. The van der Waals surface area contributed by atoms with Gasteiger partial charge in [0, 0.05) is 26.2 Å². The Balaban J connectivity index is 1.29. The van der Waals surface area contributed by atoms with E-state index in [0.29, 0.717) is 39.0 Å². The first-order chi connectivity index (χ1) is 19.8.